The second-order valence-corrected chi connectivity index (χ2v) is 7.18. The standard InChI is InChI=1S/C23H20N2S/c1-18-12-14-21(15-13-18)25-22(20-10-6-3-7-11-20)16-24-23(25)26-17-19-8-4-2-5-9-19/h2-16H,17H2,1H3. The number of benzene rings is 3. The fourth-order valence-electron chi connectivity index (χ4n) is 2.91. The van der Waals surface area contributed by atoms with Crippen molar-refractivity contribution in [2.75, 3.05) is 0 Å². The first-order chi connectivity index (χ1) is 12.8. The second kappa shape index (κ2) is 7.63. The quantitative estimate of drug-likeness (QED) is 0.400. The van der Waals surface area contributed by atoms with E-state index in [0.29, 0.717) is 0 Å². The summed E-state index contributed by atoms with van der Waals surface area (Å²) in [6.07, 6.45) is 1.97. The highest BCUT2D eigenvalue weighted by atomic mass is 32.2. The lowest BCUT2D eigenvalue weighted by Gasteiger charge is -2.12. The van der Waals surface area contributed by atoms with E-state index in [1.165, 1.54) is 16.7 Å². The van der Waals surface area contributed by atoms with E-state index in [0.717, 1.165) is 22.3 Å². The van der Waals surface area contributed by atoms with Gasteiger partial charge in [-0.2, -0.15) is 0 Å². The highest BCUT2D eigenvalue weighted by Crippen LogP contribution is 2.31. The van der Waals surface area contributed by atoms with Gasteiger partial charge in [-0.1, -0.05) is 90.1 Å². The van der Waals surface area contributed by atoms with E-state index >= 15 is 0 Å². The molecule has 0 bridgehead atoms. The molecule has 3 aromatic carbocycles. The molecule has 0 spiro atoms. The van der Waals surface area contributed by atoms with Crippen LogP contribution in [0, 0.1) is 6.92 Å². The van der Waals surface area contributed by atoms with E-state index in [2.05, 4.69) is 90.4 Å². The second-order valence-electron chi connectivity index (χ2n) is 6.24. The molecule has 0 N–H and O–H groups in total. The van der Waals surface area contributed by atoms with Crippen molar-refractivity contribution in [3.8, 4) is 16.9 Å². The number of hydrogen-bond donors (Lipinski definition) is 0. The third-order valence-corrected chi connectivity index (χ3v) is 5.33. The van der Waals surface area contributed by atoms with Gasteiger partial charge < -0.3 is 0 Å². The molecule has 0 fully saturated rings. The monoisotopic (exact) mass is 356 g/mol. The van der Waals surface area contributed by atoms with Crippen molar-refractivity contribution in [3.63, 3.8) is 0 Å². The summed E-state index contributed by atoms with van der Waals surface area (Å²) in [6.45, 7) is 2.11. The first kappa shape index (κ1) is 16.7. The Kier molecular flexibility index (Phi) is 4.89. The Labute approximate surface area is 158 Å². The lowest BCUT2D eigenvalue weighted by molar-refractivity contribution is 0.899. The molecule has 0 saturated carbocycles. The number of imidazole rings is 1. The predicted octanol–water partition coefficient (Wildman–Crippen LogP) is 6.14. The van der Waals surface area contributed by atoms with Crippen molar-refractivity contribution in [1.82, 2.24) is 9.55 Å². The molecule has 0 aliphatic rings. The SMILES string of the molecule is Cc1ccc(-n2c(-c3ccccc3)cnc2SCc2ccccc2)cc1. The largest absolute Gasteiger partial charge is 0.287 e. The van der Waals surface area contributed by atoms with Gasteiger partial charge in [0.05, 0.1) is 11.9 Å². The predicted molar refractivity (Wildman–Crippen MR) is 110 cm³/mol. The van der Waals surface area contributed by atoms with Gasteiger partial charge >= 0.3 is 0 Å². The van der Waals surface area contributed by atoms with Crippen molar-refractivity contribution in [3.05, 3.63) is 102 Å². The van der Waals surface area contributed by atoms with Gasteiger partial charge in [-0.3, -0.25) is 4.57 Å². The molecule has 0 unspecified atom stereocenters. The molecule has 3 heteroatoms. The van der Waals surface area contributed by atoms with Crippen LogP contribution in [0.3, 0.4) is 0 Å². The van der Waals surface area contributed by atoms with Crippen LogP contribution in [0.15, 0.2) is 96.3 Å². The van der Waals surface area contributed by atoms with Crippen molar-refractivity contribution in [2.24, 2.45) is 0 Å². The molecule has 0 atom stereocenters. The van der Waals surface area contributed by atoms with Crippen molar-refractivity contribution >= 4 is 11.8 Å². The first-order valence-corrected chi connectivity index (χ1v) is 9.67. The Morgan fingerprint density at radius 3 is 2.15 bits per heavy atom. The molecule has 0 radical (unpaired) electrons. The number of hydrogen-bond acceptors (Lipinski definition) is 2. The molecule has 26 heavy (non-hydrogen) atoms. The summed E-state index contributed by atoms with van der Waals surface area (Å²) >= 11 is 1.77. The summed E-state index contributed by atoms with van der Waals surface area (Å²) in [5.74, 6) is 0.901. The van der Waals surface area contributed by atoms with Crippen LogP contribution in [0.5, 0.6) is 0 Å². The lowest BCUT2D eigenvalue weighted by atomic mass is 10.1. The van der Waals surface area contributed by atoms with Crippen molar-refractivity contribution < 1.29 is 0 Å². The Bertz CT molecular complexity index is 974. The summed E-state index contributed by atoms with van der Waals surface area (Å²) in [7, 11) is 0. The fraction of sp³-hybridized carbons (Fsp3) is 0.0870. The third-order valence-electron chi connectivity index (χ3n) is 4.30. The molecule has 4 rings (SSSR count). The Balaban J connectivity index is 1.74. The maximum Gasteiger partial charge on any atom is 0.173 e. The van der Waals surface area contributed by atoms with Gasteiger partial charge in [0.2, 0.25) is 0 Å². The van der Waals surface area contributed by atoms with Crippen LogP contribution in [0.1, 0.15) is 11.1 Å². The van der Waals surface area contributed by atoms with Gasteiger partial charge in [-0.15, -0.1) is 0 Å². The summed E-state index contributed by atoms with van der Waals surface area (Å²) in [6, 6.07) is 29.6. The van der Waals surface area contributed by atoms with Crippen LogP contribution >= 0.6 is 11.8 Å². The average Bonchev–Trinajstić information content (AvgIpc) is 3.12. The summed E-state index contributed by atoms with van der Waals surface area (Å²) in [4.78, 5) is 4.73. The maximum absolute atomic E-state index is 4.73. The minimum atomic E-state index is 0.901. The highest BCUT2D eigenvalue weighted by Gasteiger charge is 2.14. The number of thioether (sulfide) groups is 1. The van der Waals surface area contributed by atoms with E-state index in [9.17, 15) is 0 Å². The number of nitrogens with zero attached hydrogens (tertiary/aromatic N) is 2. The van der Waals surface area contributed by atoms with Crippen LogP contribution in [-0.4, -0.2) is 9.55 Å². The van der Waals surface area contributed by atoms with Crippen LogP contribution in [-0.2, 0) is 5.75 Å². The molecule has 4 aromatic rings. The van der Waals surface area contributed by atoms with E-state index in [4.69, 9.17) is 4.98 Å². The molecular formula is C23H20N2S. The van der Waals surface area contributed by atoms with Gasteiger partial charge in [0.1, 0.15) is 0 Å². The molecule has 0 amide bonds. The number of aryl methyl sites for hydroxylation is 1. The summed E-state index contributed by atoms with van der Waals surface area (Å²) in [5, 5.41) is 1.01. The van der Waals surface area contributed by atoms with Crippen LogP contribution in [0.25, 0.3) is 16.9 Å². The maximum atomic E-state index is 4.73. The van der Waals surface area contributed by atoms with Crippen LogP contribution in [0.4, 0.5) is 0 Å². The molecule has 2 nitrogen and oxygen atoms in total. The van der Waals surface area contributed by atoms with Gasteiger partial charge in [0, 0.05) is 17.0 Å². The normalized spacial score (nSPS) is 10.8. The van der Waals surface area contributed by atoms with Gasteiger partial charge in [-0.25, -0.2) is 4.98 Å². The van der Waals surface area contributed by atoms with E-state index < -0.39 is 0 Å². The fourth-order valence-corrected chi connectivity index (χ4v) is 3.86. The van der Waals surface area contributed by atoms with E-state index in [-0.39, 0.29) is 0 Å². The highest BCUT2D eigenvalue weighted by molar-refractivity contribution is 7.98. The molecule has 0 aliphatic heterocycles. The Morgan fingerprint density at radius 1 is 0.808 bits per heavy atom. The zero-order valence-corrected chi connectivity index (χ0v) is 15.5. The summed E-state index contributed by atoms with van der Waals surface area (Å²) < 4.78 is 2.25. The van der Waals surface area contributed by atoms with Crippen molar-refractivity contribution in [1.29, 1.82) is 0 Å². The minimum absolute atomic E-state index is 0.901. The minimum Gasteiger partial charge on any atom is -0.287 e. The Hall–Kier alpha value is -2.78. The zero-order valence-electron chi connectivity index (χ0n) is 14.7. The van der Waals surface area contributed by atoms with Gasteiger partial charge in [0.25, 0.3) is 0 Å². The van der Waals surface area contributed by atoms with Crippen molar-refractivity contribution in [2.45, 2.75) is 17.8 Å². The zero-order chi connectivity index (χ0) is 17.8. The van der Waals surface area contributed by atoms with Gasteiger partial charge in [-0.05, 0) is 24.6 Å². The molecule has 0 aliphatic carbocycles. The average molecular weight is 356 g/mol. The lowest BCUT2D eigenvalue weighted by Crippen LogP contribution is -1.99. The topological polar surface area (TPSA) is 17.8 Å². The molecule has 1 heterocycles. The van der Waals surface area contributed by atoms with Crippen LogP contribution in [0.2, 0.25) is 0 Å². The first-order valence-electron chi connectivity index (χ1n) is 8.68. The number of rotatable bonds is 5. The number of aromatic nitrogens is 2. The third kappa shape index (κ3) is 3.58. The summed E-state index contributed by atoms with van der Waals surface area (Å²) in [5.41, 5.74) is 5.99. The van der Waals surface area contributed by atoms with E-state index in [1.807, 2.05) is 12.3 Å². The van der Waals surface area contributed by atoms with E-state index in [1.54, 1.807) is 11.8 Å². The molecule has 1 aromatic heterocycles. The Morgan fingerprint density at radius 2 is 1.46 bits per heavy atom. The van der Waals surface area contributed by atoms with Gasteiger partial charge in [0.15, 0.2) is 5.16 Å². The molecular weight excluding hydrogens is 336 g/mol. The molecule has 128 valence electrons. The molecule has 0 saturated heterocycles. The smallest absolute Gasteiger partial charge is 0.173 e. The van der Waals surface area contributed by atoms with Crippen LogP contribution < -0.4 is 0 Å².